The number of hydrogen-bond acceptors (Lipinski definition) is 5. The van der Waals surface area contributed by atoms with Gasteiger partial charge in [-0.1, -0.05) is 20.8 Å². The number of aromatic nitrogens is 5. The number of thiazole rings is 1. The molecule has 4 aromatic rings. The third kappa shape index (κ3) is 3.48. The van der Waals surface area contributed by atoms with E-state index in [1.807, 2.05) is 15.9 Å². The molecule has 1 fully saturated rings. The van der Waals surface area contributed by atoms with Crippen LogP contribution < -0.4 is 0 Å². The number of likely N-dealkylation sites (tertiary alicyclic amines) is 1. The van der Waals surface area contributed by atoms with Crippen molar-refractivity contribution < 1.29 is 0 Å². The van der Waals surface area contributed by atoms with Crippen LogP contribution in [0.5, 0.6) is 0 Å². The fourth-order valence-corrected chi connectivity index (χ4v) is 6.18. The zero-order valence-electron chi connectivity index (χ0n) is 19.2. The first-order valence-corrected chi connectivity index (χ1v) is 12.3. The van der Waals surface area contributed by atoms with Crippen molar-refractivity contribution in [1.82, 2.24) is 29.5 Å². The summed E-state index contributed by atoms with van der Waals surface area (Å²) in [7, 11) is 0. The molecule has 0 spiro atoms. The van der Waals surface area contributed by atoms with E-state index >= 15 is 0 Å². The van der Waals surface area contributed by atoms with Crippen LogP contribution >= 0.6 is 11.3 Å². The van der Waals surface area contributed by atoms with Gasteiger partial charge in [-0.25, -0.2) is 14.5 Å². The van der Waals surface area contributed by atoms with Crippen LogP contribution in [0.25, 0.3) is 27.3 Å². The summed E-state index contributed by atoms with van der Waals surface area (Å²) in [4.78, 5) is 17.2. The number of aromatic amines is 1. The Balaban J connectivity index is 1.55. The number of aryl methyl sites for hydroxylation is 1. The Labute approximate surface area is 187 Å². The van der Waals surface area contributed by atoms with Crippen molar-refractivity contribution in [3.05, 3.63) is 34.2 Å². The van der Waals surface area contributed by atoms with Crippen molar-refractivity contribution in [2.24, 2.45) is 0 Å². The average Bonchev–Trinajstić information content (AvgIpc) is 3.45. The molecule has 5 heterocycles. The van der Waals surface area contributed by atoms with E-state index in [9.17, 15) is 0 Å². The van der Waals surface area contributed by atoms with Gasteiger partial charge in [-0.15, -0.1) is 11.3 Å². The zero-order chi connectivity index (χ0) is 21.7. The number of nitrogens with zero attached hydrogens (tertiary/aromatic N) is 5. The van der Waals surface area contributed by atoms with Crippen molar-refractivity contribution in [2.75, 3.05) is 19.6 Å². The van der Waals surface area contributed by atoms with E-state index in [0.29, 0.717) is 11.8 Å². The lowest BCUT2D eigenvalue weighted by Gasteiger charge is -2.30. The van der Waals surface area contributed by atoms with E-state index in [1.54, 1.807) is 6.33 Å². The molecule has 164 valence electrons. The number of H-pyrrole nitrogens is 1. The maximum absolute atomic E-state index is 5.21. The van der Waals surface area contributed by atoms with Crippen molar-refractivity contribution in [3.63, 3.8) is 0 Å². The fourth-order valence-electron chi connectivity index (χ4n) is 5.03. The maximum atomic E-state index is 5.21. The fraction of sp³-hybridized carbons (Fsp3) is 0.542. The average molecular weight is 437 g/mol. The number of rotatable bonds is 5. The molecular weight excluding hydrogens is 404 g/mol. The predicted octanol–water partition coefficient (Wildman–Crippen LogP) is 5.66. The lowest BCUT2D eigenvalue weighted by atomic mass is 9.95. The van der Waals surface area contributed by atoms with Crippen LogP contribution in [-0.4, -0.2) is 49.1 Å². The van der Waals surface area contributed by atoms with Gasteiger partial charge in [0.05, 0.1) is 10.7 Å². The second-order valence-electron chi connectivity index (χ2n) is 9.24. The molecular formula is C24H32N6S. The van der Waals surface area contributed by atoms with Crippen LogP contribution in [-0.2, 0) is 0 Å². The highest BCUT2D eigenvalue weighted by atomic mass is 32.1. The van der Waals surface area contributed by atoms with Gasteiger partial charge in [0.15, 0.2) is 5.65 Å². The summed E-state index contributed by atoms with van der Waals surface area (Å²) in [5.74, 6) is 0.981. The van der Waals surface area contributed by atoms with Gasteiger partial charge in [-0.05, 0) is 69.8 Å². The summed E-state index contributed by atoms with van der Waals surface area (Å²) in [6.45, 7) is 14.7. The minimum atomic E-state index is 0.385. The molecule has 0 amide bonds. The molecule has 1 N–H and O–H groups in total. The molecule has 4 aromatic heterocycles. The number of nitrogens with one attached hydrogen (secondary N) is 1. The Morgan fingerprint density at radius 3 is 2.68 bits per heavy atom. The van der Waals surface area contributed by atoms with E-state index in [4.69, 9.17) is 4.98 Å². The SMILES string of the molecule is CCCN1CCC(c2nc3c(C(C)C)c(-c4cn5ncnc5c(C)c4C)[nH]c3s2)CC1. The predicted molar refractivity (Wildman–Crippen MR) is 128 cm³/mol. The summed E-state index contributed by atoms with van der Waals surface area (Å²) in [6.07, 6.45) is 7.42. The Hall–Kier alpha value is -2.25. The van der Waals surface area contributed by atoms with Gasteiger partial charge in [0.25, 0.3) is 0 Å². The Morgan fingerprint density at radius 2 is 1.97 bits per heavy atom. The molecule has 1 saturated heterocycles. The third-order valence-electron chi connectivity index (χ3n) is 6.86. The molecule has 0 saturated carbocycles. The molecule has 31 heavy (non-hydrogen) atoms. The molecule has 1 aliphatic heterocycles. The Bertz CT molecular complexity index is 1220. The van der Waals surface area contributed by atoms with Gasteiger partial charge >= 0.3 is 0 Å². The van der Waals surface area contributed by atoms with E-state index in [1.165, 1.54) is 76.7 Å². The maximum Gasteiger partial charge on any atom is 0.158 e. The van der Waals surface area contributed by atoms with Gasteiger partial charge in [-0.3, -0.25) is 0 Å². The van der Waals surface area contributed by atoms with Crippen molar-refractivity contribution >= 4 is 27.3 Å². The number of pyridine rings is 1. The second-order valence-corrected chi connectivity index (χ2v) is 10.3. The van der Waals surface area contributed by atoms with Gasteiger partial charge in [0.1, 0.15) is 16.7 Å². The summed E-state index contributed by atoms with van der Waals surface area (Å²) in [6, 6.07) is 0. The van der Waals surface area contributed by atoms with Crippen LogP contribution in [0.1, 0.15) is 73.6 Å². The molecule has 6 nitrogen and oxygen atoms in total. The summed E-state index contributed by atoms with van der Waals surface area (Å²) >= 11 is 1.86. The molecule has 0 radical (unpaired) electrons. The molecule has 1 aliphatic rings. The lowest BCUT2D eigenvalue weighted by molar-refractivity contribution is 0.212. The van der Waals surface area contributed by atoms with E-state index in [0.717, 1.165) is 11.2 Å². The highest BCUT2D eigenvalue weighted by Crippen LogP contribution is 2.41. The van der Waals surface area contributed by atoms with E-state index in [2.05, 4.69) is 60.8 Å². The highest BCUT2D eigenvalue weighted by molar-refractivity contribution is 7.18. The first-order valence-electron chi connectivity index (χ1n) is 11.5. The van der Waals surface area contributed by atoms with Crippen molar-refractivity contribution in [1.29, 1.82) is 0 Å². The van der Waals surface area contributed by atoms with Crippen LogP contribution in [0.15, 0.2) is 12.5 Å². The number of hydrogen-bond donors (Lipinski definition) is 1. The molecule has 0 bridgehead atoms. The van der Waals surface area contributed by atoms with Crippen LogP contribution in [0.3, 0.4) is 0 Å². The zero-order valence-corrected chi connectivity index (χ0v) is 20.0. The first-order chi connectivity index (χ1) is 15.0. The molecule has 5 rings (SSSR count). The minimum absolute atomic E-state index is 0.385. The summed E-state index contributed by atoms with van der Waals surface area (Å²) in [5.41, 5.74) is 8.22. The van der Waals surface area contributed by atoms with Gasteiger partial charge in [-0.2, -0.15) is 5.10 Å². The standard InChI is InChI=1S/C24H32N6S/c1-6-9-29-10-7-17(8-11-29)23-28-21-19(14(2)3)20(27-24(21)31-23)18-12-30-22(25-13-26-30)16(5)15(18)4/h12-14,17,27H,6-11H2,1-5H3. The monoisotopic (exact) mass is 436 g/mol. The first kappa shape index (κ1) is 20.6. The summed E-state index contributed by atoms with van der Waals surface area (Å²) < 4.78 is 1.89. The highest BCUT2D eigenvalue weighted by Gasteiger charge is 2.27. The molecule has 0 unspecified atom stereocenters. The van der Waals surface area contributed by atoms with Crippen molar-refractivity contribution in [3.8, 4) is 11.3 Å². The lowest BCUT2D eigenvalue weighted by Crippen LogP contribution is -2.33. The van der Waals surface area contributed by atoms with E-state index in [-0.39, 0.29) is 0 Å². The molecule has 7 heteroatoms. The van der Waals surface area contributed by atoms with Crippen LogP contribution in [0.2, 0.25) is 0 Å². The van der Waals surface area contributed by atoms with E-state index < -0.39 is 0 Å². The van der Waals surface area contributed by atoms with Crippen molar-refractivity contribution in [2.45, 2.75) is 65.7 Å². The third-order valence-corrected chi connectivity index (χ3v) is 7.99. The van der Waals surface area contributed by atoms with Crippen LogP contribution in [0.4, 0.5) is 0 Å². The normalized spacial score (nSPS) is 16.3. The molecule has 0 aromatic carbocycles. The number of piperidine rings is 1. The summed E-state index contributed by atoms with van der Waals surface area (Å²) in [5, 5.41) is 5.70. The largest absolute Gasteiger partial charge is 0.345 e. The van der Waals surface area contributed by atoms with Gasteiger partial charge in [0.2, 0.25) is 0 Å². The Kier molecular flexibility index (Phi) is 5.34. The topological polar surface area (TPSA) is 62.1 Å². The van der Waals surface area contributed by atoms with Gasteiger partial charge < -0.3 is 9.88 Å². The van der Waals surface area contributed by atoms with Gasteiger partial charge in [0, 0.05) is 23.2 Å². The second kappa shape index (κ2) is 8.02. The Morgan fingerprint density at radius 1 is 1.19 bits per heavy atom. The minimum Gasteiger partial charge on any atom is -0.345 e. The quantitative estimate of drug-likeness (QED) is 0.438. The molecule has 0 aliphatic carbocycles. The molecule has 0 atom stereocenters. The van der Waals surface area contributed by atoms with Crippen LogP contribution in [0, 0.1) is 13.8 Å². The smallest absolute Gasteiger partial charge is 0.158 e. The number of fused-ring (bicyclic) bond motifs is 2.